The Morgan fingerprint density at radius 2 is 1.84 bits per heavy atom. The second-order valence-electron chi connectivity index (χ2n) is 8.84. The van der Waals surface area contributed by atoms with Crippen LogP contribution in [0.1, 0.15) is 67.8 Å². The van der Waals surface area contributed by atoms with Crippen molar-refractivity contribution in [2.75, 3.05) is 0 Å². The van der Waals surface area contributed by atoms with E-state index in [9.17, 15) is 10.1 Å². The summed E-state index contributed by atoms with van der Waals surface area (Å²) >= 11 is 0. The molecule has 0 atom stereocenters. The molecular formula is C26H30N4O. The maximum absolute atomic E-state index is 12.6. The fourth-order valence-corrected chi connectivity index (χ4v) is 3.46. The molecule has 2 aromatic carbocycles. The number of nitrogens with zero attached hydrogens (tertiary/aromatic N) is 3. The van der Waals surface area contributed by atoms with Crippen LogP contribution < -0.4 is 5.32 Å². The van der Waals surface area contributed by atoms with Crippen LogP contribution in [0.5, 0.6) is 0 Å². The minimum atomic E-state index is -0.306. The first kappa shape index (κ1) is 22.3. The Morgan fingerprint density at radius 3 is 2.48 bits per heavy atom. The monoisotopic (exact) mass is 414 g/mol. The largest absolute Gasteiger partial charge is 0.346 e. The van der Waals surface area contributed by atoms with E-state index in [1.165, 1.54) is 0 Å². The van der Waals surface area contributed by atoms with Gasteiger partial charge < -0.3 is 5.32 Å². The van der Waals surface area contributed by atoms with Gasteiger partial charge in [0.25, 0.3) is 5.91 Å². The van der Waals surface area contributed by atoms with Crippen LogP contribution in [0.3, 0.4) is 0 Å². The molecule has 5 nitrogen and oxygen atoms in total. The number of nitrogens with one attached hydrogen (secondary N) is 1. The Hall–Kier alpha value is -3.39. The van der Waals surface area contributed by atoms with Gasteiger partial charge in [-0.2, -0.15) is 10.4 Å². The Bertz CT molecular complexity index is 1080. The Morgan fingerprint density at radius 1 is 1.13 bits per heavy atom. The Kier molecular flexibility index (Phi) is 6.91. The zero-order chi connectivity index (χ0) is 22.4. The molecular weight excluding hydrogens is 384 g/mol. The first-order valence-electron chi connectivity index (χ1n) is 10.8. The van der Waals surface area contributed by atoms with E-state index in [0.717, 1.165) is 41.6 Å². The number of carbonyl (C=O) groups is 1. The molecule has 0 unspecified atom stereocenters. The van der Waals surface area contributed by atoms with E-state index in [4.69, 9.17) is 0 Å². The highest BCUT2D eigenvalue weighted by Crippen LogP contribution is 2.24. The summed E-state index contributed by atoms with van der Waals surface area (Å²) in [7, 11) is 0. The number of nitriles is 1. The summed E-state index contributed by atoms with van der Waals surface area (Å²) in [5.41, 5.74) is 4.93. The van der Waals surface area contributed by atoms with Crippen LogP contribution >= 0.6 is 0 Å². The van der Waals surface area contributed by atoms with Crippen molar-refractivity contribution in [2.24, 2.45) is 0 Å². The third-order valence-electron chi connectivity index (χ3n) is 5.02. The summed E-state index contributed by atoms with van der Waals surface area (Å²) < 4.78 is 1.94. The molecule has 1 amide bonds. The lowest BCUT2D eigenvalue weighted by atomic mass is 9.99. The number of rotatable bonds is 7. The minimum Gasteiger partial charge on any atom is -0.346 e. The predicted octanol–water partition coefficient (Wildman–Crippen LogP) is 5.34. The molecule has 0 fully saturated rings. The van der Waals surface area contributed by atoms with Crippen LogP contribution in [0.2, 0.25) is 0 Å². The third-order valence-corrected chi connectivity index (χ3v) is 5.02. The lowest BCUT2D eigenvalue weighted by molar-refractivity contribution is 0.0913. The van der Waals surface area contributed by atoms with Crippen molar-refractivity contribution in [3.05, 3.63) is 77.1 Å². The zero-order valence-corrected chi connectivity index (χ0v) is 18.8. The maximum Gasteiger partial charge on any atom is 0.272 e. The number of benzene rings is 2. The van der Waals surface area contributed by atoms with E-state index in [0.29, 0.717) is 17.8 Å². The van der Waals surface area contributed by atoms with Crippen LogP contribution in [0.25, 0.3) is 11.1 Å². The molecule has 0 aliphatic rings. The smallest absolute Gasteiger partial charge is 0.272 e. The zero-order valence-electron chi connectivity index (χ0n) is 18.8. The molecule has 0 saturated heterocycles. The van der Waals surface area contributed by atoms with Gasteiger partial charge in [-0.15, -0.1) is 0 Å². The van der Waals surface area contributed by atoms with Gasteiger partial charge in [-0.3, -0.25) is 9.48 Å². The van der Waals surface area contributed by atoms with Crippen molar-refractivity contribution in [3.63, 3.8) is 0 Å². The van der Waals surface area contributed by atoms with Gasteiger partial charge in [0.2, 0.25) is 0 Å². The first-order chi connectivity index (χ1) is 14.8. The van der Waals surface area contributed by atoms with Gasteiger partial charge in [-0.05, 0) is 62.4 Å². The van der Waals surface area contributed by atoms with E-state index in [-0.39, 0.29) is 11.4 Å². The maximum atomic E-state index is 12.6. The second kappa shape index (κ2) is 9.61. The Labute approximate surface area is 184 Å². The fourth-order valence-electron chi connectivity index (χ4n) is 3.46. The summed E-state index contributed by atoms with van der Waals surface area (Å²) in [5, 5.41) is 17.0. The summed E-state index contributed by atoms with van der Waals surface area (Å²) in [6, 6.07) is 20.0. The number of unbranched alkanes of at least 4 members (excludes halogenated alkanes) is 1. The molecule has 160 valence electrons. The molecule has 0 bridgehead atoms. The first-order valence-corrected chi connectivity index (χ1v) is 10.8. The molecule has 5 heteroatoms. The average Bonchev–Trinajstić information content (AvgIpc) is 3.14. The molecule has 1 N–H and O–H groups in total. The van der Waals surface area contributed by atoms with E-state index >= 15 is 0 Å². The molecule has 0 spiro atoms. The van der Waals surface area contributed by atoms with Crippen LogP contribution in [-0.4, -0.2) is 21.2 Å². The van der Waals surface area contributed by atoms with Gasteiger partial charge in [-0.25, -0.2) is 0 Å². The number of carbonyl (C=O) groups excluding carboxylic acids is 1. The van der Waals surface area contributed by atoms with Crippen molar-refractivity contribution in [3.8, 4) is 17.2 Å². The van der Waals surface area contributed by atoms with Gasteiger partial charge in [0.15, 0.2) is 0 Å². The van der Waals surface area contributed by atoms with Gasteiger partial charge in [0.05, 0.1) is 18.2 Å². The lowest BCUT2D eigenvalue weighted by Crippen LogP contribution is -2.40. The molecule has 0 radical (unpaired) electrons. The number of amides is 1. The number of aryl methyl sites for hydroxylation is 1. The van der Waals surface area contributed by atoms with Crippen molar-refractivity contribution in [2.45, 2.75) is 59.0 Å². The van der Waals surface area contributed by atoms with Gasteiger partial charge in [0, 0.05) is 11.2 Å². The number of hydrogen-bond donors (Lipinski definition) is 1. The summed E-state index contributed by atoms with van der Waals surface area (Å²) in [6.07, 6.45) is 3.03. The van der Waals surface area contributed by atoms with Crippen LogP contribution in [-0.2, 0) is 13.0 Å². The Balaban J connectivity index is 1.84. The summed E-state index contributed by atoms with van der Waals surface area (Å²) in [5.74, 6) is -0.146. The SMILES string of the molecule is CCCCc1cc(C(=O)NC(C)(C)C)nn1Cc1ccc(-c2ccccc2C#N)cc1. The highest BCUT2D eigenvalue weighted by atomic mass is 16.2. The minimum absolute atomic E-state index is 0.146. The van der Waals surface area contributed by atoms with E-state index < -0.39 is 0 Å². The van der Waals surface area contributed by atoms with Gasteiger partial charge in [-0.1, -0.05) is 55.8 Å². The molecule has 31 heavy (non-hydrogen) atoms. The van der Waals surface area contributed by atoms with Crippen molar-refractivity contribution >= 4 is 5.91 Å². The van der Waals surface area contributed by atoms with Crippen molar-refractivity contribution in [1.29, 1.82) is 5.26 Å². The van der Waals surface area contributed by atoms with Gasteiger partial charge >= 0.3 is 0 Å². The third kappa shape index (κ3) is 5.82. The van der Waals surface area contributed by atoms with Crippen LogP contribution in [0.4, 0.5) is 0 Å². The van der Waals surface area contributed by atoms with Crippen molar-refractivity contribution in [1.82, 2.24) is 15.1 Å². The topological polar surface area (TPSA) is 70.7 Å². The molecule has 3 aromatic rings. The van der Waals surface area contributed by atoms with Crippen LogP contribution in [0.15, 0.2) is 54.6 Å². The molecule has 1 heterocycles. The standard InChI is InChI=1S/C26H30N4O/c1-5-6-10-22-16-24(25(31)28-26(2,3)4)29-30(22)18-19-12-14-20(15-13-19)23-11-8-7-9-21(23)17-27/h7-9,11-16H,5-6,10,18H2,1-4H3,(H,28,31). The molecule has 0 aliphatic heterocycles. The van der Waals surface area contributed by atoms with E-state index in [1.807, 2.05) is 67.9 Å². The molecule has 0 saturated carbocycles. The summed E-state index contributed by atoms with van der Waals surface area (Å²) in [6.45, 7) is 8.65. The van der Waals surface area contributed by atoms with Crippen LogP contribution in [0, 0.1) is 11.3 Å². The predicted molar refractivity (Wildman–Crippen MR) is 124 cm³/mol. The molecule has 0 aliphatic carbocycles. The van der Waals surface area contributed by atoms with Crippen molar-refractivity contribution < 1.29 is 4.79 Å². The number of hydrogen-bond acceptors (Lipinski definition) is 3. The normalized spacial score (nSPS) is 11.2. The van der Waals surface area contributed by atoms with Gasteiger partial charge in [0.1, 0.15) is 5.69 Å². The van der Waals surface area contributed by atoms with E-state index in [1.54, 1.807) is 0 Å². The highest BCUT2D eigenvalue weighted by molar-refractivity contribution is 5.92. The molecule has 3 rings (SSSR count). The average molecular weight is 415 g/mol. The molecule has 1 aromatic heterocycles. The lowest BCUT2D eigenvalue weighted by Gasteiger charge is -2.19. The fraction of sp³-hybridized carbons (Fsp3) is 0.346. The quantitative estimate of drug-likeness (QED) is 0.567. The highest BCUT2D eigenvalue weighted by Gasteiger charge is 2.19. The number of aromatic nitrogens is 2. The second-order valence-corrected chi connectivity index (χ2v) is 8.84. The van der Waals surface area contributed by atoms with E-state index in [2.05, 4.69) is 35.5 Å². The summed E-state index contributed by atoms with van der Waals surface area (Å²) in [4.78, 5) is 12.6.